The summed E-state index contributed by atoms with van der Waals surface area (Å²) in [6.45, 7) is 0. The van der Waals surface area contributed by atoms with Gasteiger partial charge in [0.1, 0.15) is 11.2 Å². The van der Waals surface area contributed by atoms with E-state index in [0.29, 0.717) is 16.9 Å². The number of nitrogens with one attached hydrogen (secondary N) is 1. The molecular weight excluding hydrogens is 460 g/mol. The Hall–Kier alpha value is -3.39. The Morgan fingerprint density at radius 1 is 0.968 bits per heavy atom. The summed E-state index contributed by atoms with van der Waals surface area (Å²) in [6, 6.07) is 17.8. The average Bonchev–Trinajstić information content (AvgIpc) is 3.58. The predicted octanol–water partition coefficient (Wildman–Crippen LogP) is 3.69. The van der Waals surface area contributed by atoms with E-state index >= 15 is 0 Å². The van der Waals surface area contributed by atoms with Gasteiger partial charge in [0.2, 0.25) is 0 Å². The van der Waals surface area contributed by atoms with E-state index in [1.165, 1.54) is 19.8 Å². The third-order valence-corrected chi connectivity index (χ3v) is 6.05. The van der Waals surface area contributed by atoms with E-state index < -0.39 is 5.69 Å². The molecule has 0 amide bonds. The zero-order valence-corrected chi connectivity index (χ0v) is 18.3. The fourth-order valence-electron chi connectivity index (χ4n) is 3.79. The lowest BCUT2D eigenvalue weighted by Gasteiger charge is -2.18. The first kappa shape index (κ1) is 19.6. The van der Waals surface area contributed by atoms with Gasteiger partial charge in [0.15, 0.2) is 0 Å². The van der Waals surface area contributed by atoms with Gasteiger partial charge in [0.25, 0.3) is 11.1 Å². The molecule has 8 heteroatoms. The number of anilines is 2. The molecule has 0 saturated heterocycles. The second-order valence-corrected chi connectivity index (χ2v) is 8.56. The van der Waals surface area contributed by atoms with Crippen LogP contribution in [0.15, 0.2) is 79.5 Å². The number of para-hydroxylation sites is 1. The van der Waals surface area contributed by atoms with Crippen LogP contribution in [-0.2, 0) is 7.05 Å². The molecule has 1 N–H and O–H groups in total. The van der Waals surface area contributed by atoms with Crippen LogP contribution >= 0.6 is 15.9 Å². The molecule has 31 heavy (non-hydrogen) atoms. The van der Waals surface area contributed by atoms with E-state index in [1.807, 2.05) is 42.5 Å². The SMILES string of the molecule is Cn1c(Nc2ccccc2)c2c(=O)n(C3CC3)c(=O)n(-c3ccc(Br)cc3)c2cc1=O. The van der Waals surface area contributed by atoms with Crippen LogP contribution in [0, 0.1) is 0 Å². The molecule has 0 radical (unpaired) electrons. The average molecular weight is 479 g/mol. The Balaban J connectivity index is 1.92. The summed E-state index contributed by atoms with van der Waals surface area (Å²) in [5.41, 5.74) is 0.483. The van der Waals surface area contributed by atoms with Crippen molar-refractivity contribution in [3.8, 4) is 5.69 Å². The second-order valence-electron chi connectivity index (χ2n) is 7.64. The Bertz CT molecular complexity index is 1480. The molecule has 5 rings (SSSR count). The first-order valence-electron chi connectivity index (χ1n) is 9.95. The number of rotatable bonds is 4. The topological polar surface area (TPSA) is 78.0 Å². The van der Waals surface area contributed by atoms with Crippen LogP contribution in [0.3, 0.4) is 0 Å². The number of aromatic nitrogens is 3. The molecule has 2 aromatic carbocycles. The van der Waals surface area contributed by atoms with Crippen LogP contribution in [0.2, 0.25) is 0 Å². The van der Waals surface area contributed by atoms with E-state index in [0.717, 1.165) is 23.0 Å². The number of nitrogens with zero attached hydrogens (tertiary/aromatic N) is 3. The number of hydrogen-bond acceptors (Lipinski definition) is 4. The maximum atomic E-state index is 13.5. The van der Waals surface area contributed by atoms with Crippen LogP contribution in [0.25, 0.3) is 16.6 Å². The highest BCUT2D eigenvalue weighted by Crippen LogP contribution is 2.33. The first-order valence-corrected chi connectivity index (χ1v) is 10.7. The van der Waals surface area contributed by atoms with Gasteiger partial charge in [-0.2, -0.15) is 0 Å². The molecule has 156 valence electrons. The third kappa shape index (κ3) is 3.33. The number of fused-ring (bicyclic) bond motifs is 1. The van der Waals surface area contributed by atoms with Crippen LogP contribution in [0.5, 0.6) is 0 Å². The summed E-state index contributed by atoms with van der Waals surface area (Å²) in [5.74, 6) is 0.360. The van der Waals surface area contributed by atoms with Crippen LogP contribution in [-0.4, -0.2) is 13.7 Å². The standard InChI is InChI=1S/C23H19BrN4O3/c1-26-19(29)13-18-20(21(26)25-15-5-3-2-4-6-15)22(30)28(17-11-12-17)23(31)27(18)16-9-7-14(24)8-10-16/h2-10,13,17,25H,11-12H2,1H3. The lowest BCUT2D eigenvalue weighted by molar-refractivity contribution is 0.644. The lowest BCUT2D eigenvalue weighted by atomic mass is 10.2. The van der Waals surface area contributed by atoms with Gasteiger partial charge in [0, 0.05) is 29.3 Å². The molecule has 2 aromatic heterocycles. The fourth-order valence-corrected chi connectivity index (χ4v) is 4.05. The quantitative estimate of drug-likeness (QED) is 0.485. The summed E-state index contributed by atoms with van der Waals surface area (Å²) < 4.78 is 5.06. The van der Waals surface area contributed by atoms with Crippen LogP contribution in [0.1, 0.15) is 18.9 Å². The van der Waals surface area contributed by atoms with Crippen molar-refractivity contribution in [2.75, 3.05) is 5.32 Å². The molecule has 1 aliphatic carbocycles. The van der Waals surface area contributed by atoms with Gasteiger partial charge in [-0.25, -0.2) is 4.79 Å². The highest BCUT2D eigenvalue weighted by Gasteiger charge is 2.30. The molecule has 1 fully saturated rings. The van der Waals surface area contributed by atoms with Crippen molar-refractivity contribution in [1.29, 1.82) is 0 Å². The van der Waals surface area contributed by atoms with Gasteiger partial charge < -0.3 is 5.32 Å². The van der Waals surface area contributed by atoms with Crippen LogP contribution < -0.4 is 22.1 Å². The minimum absolute atomic E-state index is 0.118. The summed E-state index contributed by atoms with van der Waals surface area (Å²) in [4.78, 5) is 39.8. The summed E-state index contributed by atoms with van der Waals surface area (Å²) in [7, 11) is 1.61. The smallest absolute Gasteiger partial charge is 0.336 e. The van der Waals surface area contributed by atoms with Crippen molar-refractivity contribution in [2.24, 2.45) is 7.05 Å². The molecular formula is C23H19BrN4O3. The normalized spacial score (nSPS) is 13.5. The van der Waals surface area contributed by atoms with Gasteiger partial charge in [0.05, 0.1) is 11.2 Å². The number of halogens is 1. The van der Waals surface area contributed by atoms with Crippen molar-refractivity contribution in [2.45, 2.75) is 18.9 Å². The highest BCUT2D eigenvalue weighted by molar-refractivity contribution is 9.10. The minimum Gasteiger partial charge on any atom is -0.341 e. The summed E-state index contributed by atoms with van der Waals surface area (Å²) in [5, 5.41) is 3.52. The van der Waals surface area contributed by atoms with Gasteiger partial charge in [-0.05, 0) is 49.2 Å². The molecule has 1 aliphatic rings. The Morgan fingerprint density at radius 2 is 1.65 bits per heavy atom. The molecule has 4 aromatic rings. The largest absolute Gasteiger partial charge is 0.341 e. The molecule has 0 spiro atoms. The number of hydrogen-bond donors (Lipinski definition) is 1. The molecule has 1 saturated carbocycles. The van der Waals surface area contributed by atoms with E-state index in [1.54, 1.807) is 19.2 Å². The Kier molecular flexibility index (Phi) is 4.66. The Labute approximate surface area is 185 Å². The van der Waals surface area contributed by atoms with Gasteiger partial charge >= 0.3 is 5.69 Å². The minimum atomic E-state index is -0.429. The monoisotopic (exact) mass is 478 g/mol. The van der Waals surface area contributed by atoms with Crippen LogP contribution in [0.4, 0.5) is 11.5 Å². The van der Waals surface area contributed by atoms with Gasteiger partial charge in [-0.1, -0.05) is 34.1 Å². The highest BCUT2D eigenvalue weighted by atomic mass is 79.9. The van der Waals surface area contributed by atoms with E-state index in [4.69, 9.17) is 0 Å². The first-order chi connectivity index (χ1) is 15.0. The molecule has 0 atom stereocenters. The van der Waals surface area contributed by atoms with Crippen molar-refractivity contribution in [1.82, 2.24) is 13.7 Å². The van der Waals surface area contributed by atoms with Crippen molar-refractivity contribution in [3.63, 3.8) is 0 Å². The van der Waals surface area contributed by atoms with Crippen molar-refractivity contribution in [3.05, 3.63) is 96.3 Å². The van der Waals surface area contributed by atoms with Gasteiger partial charge in [-0.3, -0.25) is 23.3 Å². The molecule has 2 heterocycles. The van der Waals surface area contributed by atoms with Crippen molar-refractivity contribution >= 4 is 38.3 Å². The maximum Gasteiger partial charge on any atom is 0.336 e. The Morgan fingerprint density at radius 3 is 2.29 bits per heavy atom. The molecule has 0 unspecified atom stereocenters. The van der Waals surface area contributed by atoms with E-state index in [-0.39, 0.29) is 22.7 Å². The number of pyridine rings is 1. The van der Waals surface area contributed by atoms with E-state index in [2.05, 4.69) is 21.2 Å². The zero-order chi connectivity index (χ0) is 21.7. The number of benzene rings is 2. The maximum absolute atomic E-state index is 13.5. The third-order valence-electron chi connectivity index (χ3n) is 5.52. The summed E-state index contributed by atoms with van der Waals surface area (Å²) in [6.07, 6.45) is 1.57. The van der Waals surface area contributed by atoms with E-state index in [9.17, 15) is 14.4 Å². The fraction of sp³-hybridized carbons (Fsp3) is 0.174. The van der Waals surface area contributed by atoms with Crippen molar-refractivity contribution < 1.29 is 0 Å². The zero-order valence-electron chi connectivity index (χ0n) is 16.7. The molecule has 7 nitrogen and oxygen atoms in total. The predicted molar refractivity (Wildman–Crippen MR) is 125 cm³/mol. The van der Waals surface area contributed by atoms with Gasteiger partial charge in [-0.15, -0.1) is 0 Å². The molecule has 0 bridgehead atoms. The lowest BCUT2D eigenvalue weighted by Crippen LogP contribution is -2.40. The second kappa shape index (κ2) is 7.39. The summed E-state index contributed by atoms with van der Waals surface area (Å²) >= 11 is 3.41. The molecule has 0 aliphatic heterocycles.